The van der Waals surface area contributed by atoms with E-state index in [1.807, 2.05) is 20.8 Å². The summed E-state index contributed by atoms with van der Waals surface area (Å²) in [6, 6.07) is 4.26. The molecule has 1 unspecified atom stereocenters. The van der Waals surface area contributed by atoms with Gasteiger partial charge in [0.1, 0.15) is 60.2 Å². The van der Waals surface area contributed by atoms with Crippen LogP contribution < -0.4 is 9.47 Å². The van der Waals surface area contributed by atoms with Gasteiger partial charge in [0.15, 0.2) is 42.6 Å². The van der Waals surface area contributed by atoms with Gasteiger partial charge in [0.05, 0.1) is 51.8 Å². The maximum Gasteiger partial charge on any atom is 0.338 e. The second-order valence-corrected chi connectivity index (χ2v) is 22.9. The summed E-state index contributed by atoms with van der Waals surface area (Å²) in [4.78, 5) is 40.9. The third-order valence-electron chi connectivity index (χ3n) is 18.2. The number of allylic oxidation sites excluding steroid dienone is 1. The maximum atomic E-state index is 14.4. The first-order valence-corrected chi connectivity index (χ1v) is 26.6. The molecule has 8 N–H and O–H groups in total. The first-order valence-electron chi connectivity index (χ1n) is 26.6. The average molecular weight is 1070 g/mol. The van der Waals surface area contributed by atoms with E-state index in [1.54, 1.807) is 6.92 Å². The van der Waals surface area contributed by atoms with Crippen LogP contribution in [0.15, 0.2) is 29.8 Å². The summed E-state index contributed by atoms with van der Waals surface area (Å²) in [5, 5.41) is 88.4. The topological polar surface area (TPSA) is 305 Å². The van der Waals surface area contributed by atoms with E-state index in [-0.39, 0.29) is 58.7 Å². The monoisotopic (exact) mass is 1060 g/mol. The number of Topliss-reactive ketones (excluding diaryl/α,β-unsaturated/α-hetero) is 1. The smallest absolute Gasteiger partial charge is 0.338 e. The van der Waals surface area contributed by atoms with Crippen LogP contribution in [0.25, 0.3) is 0 Å². The lowest BCUT2D eigenvalue weighted by Crippen LogP contribution is -2.64. The number of ketones is 1. The molecule has 22 atom stereocenters. The van der Waals surface area contributed by atoms with E-state index in [0.29, 0.717) is 44.3 Å². The Hall–Kier alpha value is -3.39. The van der Waals surface area contributed by atoms with E-state index in [1.165, 1.54) is 38.0 Å². The molecule has 3 aliphatic heterocycles. The summed E-state index contributed by atoms with van der Waals surface area (Å²) in [6.07, 6.45) is -13.8. The number of hydrogen-bond donors (Lipinski definition) is 8. The minimum atomic E-state index is -1.77. The zero-order chi connectivity index (χ0) is 54.5. The quantitative estimate of drug-likeness (QED) is 0.0816. The van der Waals surface area contributed by atoms with Crippen LogP contribution in [0.1, 0.15) is 110 Å². The molecule has 0 radical (unpaired) electrons. The molecule has 1 aromatic rings. The first kappa shape index (κ1) is 57.8. The lowest BCUT2D eigenvalue weighted by atomic mass is 9.46. The average Bonchev–Trinajstić information content (AvgIpc) is 3.71. The van der Waals surface area contributed by atoms with Crippen molar-refractivity contribution in [1.29, 1.82) is 0 Å². The predicted octanol–water partition coefficient (Wildman–Crippen LogP) is 1.86. The van der Waals surface area contributed by atoms with E-state index in [2.05, 4.69) is 13.0 Å². The number of aliphatic hydroxyl groups excluding tert-OH is 7. The predicted molar refractivity (Wildman–Crippen MR) is 260 cm³/mol. The zero-order valence-corrected chi connectivity index (χ0v) is 44.2. The highest BCUT2D eigenvalue weighted by atomic mass is 16.8. The van der Waals surface area contributed by atoms with Gasteiger partial charge in [-0.25, -0.2) is 4.79 Å². The van der Waals surface area contributed by atoms with Crippen molar-refractivity contribution < 1.29 is 103 Å². The molecule has 75 heavy (non-hydrogen) atoms. The summed E-state index contributed by atoms with van der Waals surface area (Å²) in [6.45, 7) is 9.82. The van der Waals surface area contributed by atoms with Gasteiger partial charge in [-0.05, 0) is 98.7 Å². The van der Waals surface area contributed by atoms with Crippen molar-refractivity contribution in [2.75, 3.05) is 34.0 Å². The Labute approximate surface area is 437 Å². The van der Waals surface area contributed by atoms with Crippen LogP contribution in [0, 0.1) is 40.4 Å². The fourth-order valence-corrected chi connectivity index (χ4v) is 13.8. The van der Waals surface area contributed by atoms with Gasteiger partial charge in [0.2, 0.25) is 0 Å². The molecule has 1 aromatic carbocycles. The standard InChI is InChI=1S/C54H80O21/c1-25(2)9-13-34(57)26(3)54(65)40(21-33-31-12-11-29-20-30(15-17-52(29,5)32(31)16-18-53(33,54)6)71-49-44(63)43(62)42(61)39(22-55)72-49)73-51-47(70-27(4)56)45(36(59)24-69-51)75-50-46(41(60)35(58)23-68-50)74-48(64)28-10-14-37(66-7)38(19-28)67-8/h10-11,14,19,25-26,30-33,35-36,39-47,49-51,55,58-63,65H,9,12-13,15-18,20-24H2,1-8H3/t26-,30-,31+,32-,33-,35+,36-,39+,40-,41-,42+,43-,44?,45-,46+,47+,49+,50-,51-,52-,53-,54+/m0/s1. The lowest BCUT2D eigenvalue weighted by molar-refractivity contribution is -0.345. The number of rotatable bonds is 17. The number of esters is 2. The Morgan fingerprint density at radius 1 is 0.773 bits per heavy atom. The molecule has 3 heterocycles. The first-order chi connectivity index (χ1) is 35.5. The minimum Gasteiger partial charge on any atom is -0.493 e. The van der Waals surface area contributed by atoms with Crippen molar-refractivity contribution in [1.82, 2.24) is 0 Å². The van der Waals surface area contributed by atoms with Crippen LogP contribution >= 0.6 is 0 Å². The summed E-state index contributed by atoms with van der Waals surface area (Å²) >= 11 is 0. The highest BCUT2D eigenvalue weighted by Crippen LogP contribution is 2.69. The van der Waals surface area contributed by atoms with Crippen molar-refractivity contribution in [3.05, 3.63) is 35.4 Å². The van der Waals surface area contributed by atoms with E-state index in [4.69, 9.17) is 47.4 Å². The van der Waals surface area contributed by atoms with Crippen molar-refractivity contribution in [3.8, 4) is 11.5 Å². The number of hydrogen-bond acceptors (Lipinski definition) is 21. The lowest BCUT2D eigenvalue weighted by Gasteiger charge is -2.59. The van der Waals surface area contributed by atoms with Crippen LogP contribution in [0.4, 0.5) is 0 Å². The number of methoxy groups -OCH3 is 2. The van der Waals surface area contributed by atoms with Crippen molar-refractivity contribution in [3.63, 3.8) is 0 Å². The number of benzene rings is 1. The summed E-state index contributed by atoms with van der Waals surface area (Å²) in [5.41, 5.74) is -1.72. The molecule has 8 rings (SSSR count). The van der Waals surface area contributed by atoms with E-state index < -0.39 is 135 Å². The molecule has 0 bridgehead atoms. The zero-order valence-electron chi connectivity index (χ0n) is 44.2. The molecule has 422 valence electrons. The summed E-state index contributed by atoms with van der Waals surface area (Å²) in [5.74, 6) is -1.98. The van der Waals surface area contributed by atoms with Gasteiger partial charge in [0, 0.05) is 24.7 Å². The fraction of sp³-hybridized carbons (Fsp3) is 0.796. The Morgan fingerprint density at radius 3 is 2.13 bits per heavy atom. The largest absolute Gasteiger partial charge is 0.493 e. The van der Waals surface area contributed by atoms with Gasteiger partial charge in [-0.3, -0.25) is 9.59 Å². The van der Waals surface area contributed by atoms with Gasteiger partial charge in [-0.2, -0.15) is 0 Å². The van der Waals surface area contributed by atoms with Gasteiger partial charge < -0.3 is 88.2 Å². The third-order valence-corrected chi connectivity index (χ3v) is 18.2. The fourth-order valence-electron chi connectivity index (χ4n) is 13.8. The van der Waals surface area contributed by atoms with Crippen LogP contribution in [-0.4, -0.2) is 190 Å². The number of carbonyl (C=O) groups excluding carboxylic acids is 3. The Morgan fingerprint density at radius 2 is 1.47 bits per heavy atom. The summed E-state index contributed by atoms with van der Waals surface area (Å²) in [7, 11) is 2.82. The van der Waals surface area contributed by atoms with E-state index in [0.717, 1.165) is 19.8 Å². The second-order valence-electron chi connectivity index (χ2n) is 22.9. The molecule has 3 saturated heterocycles. The molecule has 0 amide bonds. The normalized spacial score (nSPS) is 43.1. The number of ether oxygens (including phenoxy) is 10. The van der Waals surface area contributed by atoms with Gasteiger partial charge >= 0.3 is 11.9 Å². The molecule has 21 nitrogen and oxygen atoms in total. The number of carbonyl (C=O) groups is 3. The third kappa shape index (κ3) is 10.9. The Bertz CT molecular complexity index is 2210. The molecular formula is C54H80O21. The SMILES string of the molecule is COc1ccc(C(=O)O[C@H]2[C@H](O[C@@H]3[C@@H](OC(C)=O)[C@H](O[C@H]4C[C@H]5[C@@H]6CC=C7C[C@@H](O[C@@H]8O[C@H](CO)[C@@H](O)[C@H](O)C8O)CC[C@]7(C)[C@H]6CC[C@]5(C)[C@@]4(O)[C@@H](C)C(=O)CCC(C)C)OC[C@@H]3O)OC[C@@H](O)[C@@H]2O)cc1OC. The highest BCUT2D eigenvalue weighted by molar-refractivity contribution is 5.90. The molecule has 0 aromatic heterocycles. The van der Waals surface area contributed by atoms with Gasteiger partial charge in [-0.15, -0.1) is 0 Å². The van der Waals surface area contributed by atoms with Gasteiger partial charge in [0.25, 0.3) is 0 Å². The summed E-state index contributed by atoms with van der Waals surface area (Å²) < 4.78 is 59.4. The maximum absolute atomic E-state index is 14.4. The highest BCUT2D eigenvalue weighted by Gasteiger charge is 2.71. The molecule has 3 saturated carbocycles. The van der Waals surface area contributed by atoms with Crippen molar-refractivity contribution >= 4 is 17.7 Å². The number of fused-ring (bicyclic) bond motifs is 5. The second kappa shape index (κ2) is 23.1. The van der Waals surface area contributed by atoms with E-state index >= 15 is 0 Å². The number of aliphatic hydroxyl groups is 8. The van der Waals surface area contributed by atoms with Crippen LogP contribution in [0.5, 0.6) is 11.5 Å². The van der Waals surface area contributed by atoms with Crippen LogP contribution in [-0.2, 0) is 47.5 Å². The minimum absolute atomic E-state index is 0.00322. The Kier molecular flexibility index (Phi) is 17.8. The molecule has 7 aliphatic rings. The molecule has 0 spiro atoms. The van der Waals surface area contributed by atoms with Crippen LogP contribution in [0.3, 0.4) is 0 Å². The molecule has 4 aliphatic carbocycles. The molecule has 21 heteroatoms. The Balaban J connectivity index is 1.05. The van der Waals surface area contributed by atoms with Gasteiger partial charge in [-0.1, -0.05) is 46.3 Å². The molecular weight excluding hydrogens is 985 g/mol. The van der Waals surface area contributed by atoms with Crippen molar-refractivity contribution in [2.24, 2.45) is 40.4 Å². The van der Waals surface area contributed by atoms with Crippen LogP contribution in [0.2, 0.25) is 0 Å². The van der Waals surface area contributed by atoms with Crippen molar-refractivity contribution in [2.45, 2.75) is 197 Å². The van der Waals surface area contributed by atoms with E-state index in [9.17, 15) is 55.2 Å². The molecule has 6 fully saturated rings.